The number of nitrogens with zero attached hydrogens (tertiary/aromatic N) is 2. The van der Waals surface area contributed by atoms with Gasteiger partial charge >= 0.3 is 0 Å². The lowest BCUT2D eigenvalue weighted by atomic mass is 10.1. The van der Waals surface area contributed by atoms with E-state index >= 15 is 0 Å². The van der Waals surface area contributed by atoms with E-state index in [0.29, 0.717) is 18.9 Å². The molecule has 0 bridgehead atoms. The van der Waals surface area contributed by atoms with Gasteiger partial charge in [0, 0.05) is 25.5 Å². The summed E-state index contributed by atoms with van der Waals surface area (Å²) < 4.78 is 36.0. The number of hydrogen-bond acceptors (Lipinski definition) is 4. The Labute approximate surface area is 168 Å². The maximum Gasteiger partial charge on any atom is 0.240 e. The molecule has 2 heterocycles. The van der Waals surface area contributed by atoms with Crippen LogP contribution in [0.25, 0.3) is 0 Å². The second kappa shape index (κ2) is 9.58. The lowest BCUT2D eigenvalue weighted by Crippen LogP contribution is -2.39. The van der Waals surface area contributed by atoms with Gasteiger partial charge in [-0.3, -0.25) is 4.90 Å². The molecular weight excluding hydrogens is 374 g/mol. The fourth-order valence-corrected chi connectivity index (χ4v) is 4.84. The van der Waals surface area contributed by atoms with Crippen LogP contribution >= 0.6 is 0 Å². The first kappa shape index (κ1) is 20.9. The second-order valence-electron chi connectivity index (χ2n) is 7.27. The Kier molecular flexibility index (Phi) is 7.15. The third-order valence-electron chi connectivity index (χ3n) is 5.32. The number of nitrogens with one attached hydrogen (secondary N) is 1. The molecule has 2 aromatic rings. The van der Waals surface area contributed by atoms with E-state index < -0.39 is 10.0 Å². The summed E-state index contributed by atoms with van der Waals surface area (Å²) in [5.41, 5.74) is 1.14. The molecule has 1 unspecified atom stereocenters. The van der Waals surface area contributed by atoms with Crippen LogP contribution in [-0.4, -0.2) is 44.1 Å². The summed E-state index contributed by atoms with van der Waals surface area (Å²) in [4.78, 5) is 2.68. The van der Waals surface area contributed by atoms with Crippen molar-refractivity contribution in [1.29, 1.82) is 0 Å². The van der Waals surface area contributed by atoms with Crippen LogP contribution < -0.4 is 9.46 Å². The first-order valence-electron chi connectivity index (χ1n) is 10.1. The average molecular weight is 406 g/mol. The van der Waals surface area contributed by atoms with Crippen LogP contribution in [0.15, 0.2) is 47.5 Å². The van der Waals surface area contributed by atoms with Crippen molar-refractivity contribution in [1.82, 2.24) is 14.2 Å². The largest absolute Gasteiger partial charge is 0.494 e. The van der Waals surface area contributed by atoms with Gasteiger partial charge in [-0.1, -0.05) is 12.8 Å². The standard InChI is InChI=1S/C21H31N3O3S/c1-3-27-18-10-12-19(13-11-18)28(25,26)22-17-21(20-9-8-14-23(20)2)24-15-6-4-5-7-16-24/h8-14,21-22H,3-7,15-17H2,1-2H3. The Balaban J connectivity index is 1.75. The smallest absolute Gasteiger partial charge is 0.240 e. The third-order valence-corrected chi connectivity index (χ3v) is 6.76. The summed E-state index contributed by atoms with van der Waals surface area (Å²) in [7, 11) is -1.57. The molecule has 28 heavy (non-hydrogen) atoms. The van der Waals surface area contributed by atoms with Gasteiger partial charge in [-0.05, 0) is 69.3 Å². The molecule has 7 heteroatoms. The van der Waals surface area contributed by atoms with Gasteiger partial charge < -0.3 is 9.30 Å². The van der Waals surface area contributed by atoms with Crippen LogP contribution in [0.3, 0.4) is 0 Å². The van der Waals surface area contributed by atoms with Crippen LogP contribution in [-0.2, 0) is 17.1 Å². The first-order chi connectivity index (χ1) is 13.5. The van der Waals surface area contributed by atoms with Crippen molar-refractivity contribution >= 4 is 10.0 Å². The Morgan fingerprint density at radius 2 is 1.75 bits per heavy atom. The topological polar surface area (TPSA) is 63.6 Å². The third kappa shape index (κ3) is 5.16. The van der Waals surface area contributed by atoms with E-state index in [-0.39, 0.29) is 10.9 Å². The molecule has 1 aromatic carbocycles. The zero-order valence-corrected chi connectivity index (χ0v) is 17.6. The predicted molar refractivity (Wildman–Crippen MR) is 111 cm³/mol. The van der Waals surface area contributed by atoms with E-state index in [9.17, 15) is 8.42 Å². The molecule has 1 N–H and O–H groups in total. The zero-order chi connectivity index (χ0) is 20.0. The molecular formula is C21H31N3O3S. The van der Waals surface area contributed by atoms with Crippen molar-refractivity contribution in [2.75, 3.05) is 26.2 Å². The Hall–Kier alpha value is -1.83. The van der Waals surface area contributed by atoms with E-state index in [1.165, 1.54) is 12.8 Å². The fraction of sp³-hybridized carbons (Fsp3) is 0.524. The van der Waals surface area contributed by atoms with Gasteiger partial charge in [0.05, 0.1) is 17.5 Å². The fourth-order valence-electron chi connectivity index (χ4n) is 3.80. The van der Waals surface area contributed by atoms with Crippen LogP contribution in [0.4, 0.5) is 0 Å². The predicted octanol–water partition coefficient (Wildman–Crippen LogP) is 3.32. The van der Waals surface area contributed by atoms with Gasteiger partial charge in [-0.2, -0.15) is 0 Å². The molecule has 1 fully saturated rings. The zero-order valence-electron chi connectivity index (χ0n) is 16.8. The Morgan fingerprint density at radius 3 is 2.32 bits per heavy atom. The highest BCUT2D eigenvalue weighted by Crippen LogP contribution is 2.25. The number of aromatic nitrogens is 1. The van der Waals surface area contributed by atoms with Gasteiger partial charge in [-0.15, -0.1) is 0 Å². The van der Waals surface area contributed by atoms with Crippen molar-refractivity contribution in [3.63, 3.8) is 0 Å². The summed E-state index contributed by atoms with van der Waals surface area (Å²) in [6, 6.07) is 10.7. The van der Waals surface area contributed by atoms with Crippen molar-refractivity contribution in [3.05, 3.63) is 48.3 Å². The van der Waals surface area contributed by atoms with E-state index in [0.717, 1.165) is 31.6 Å². The Bertz CT molecular complexity index is 838. The van der Waals surface area contributed by atoms with Gasteiger partial charge in [0.15, 0.2) is 0 Å². The molecule has 1 atom stereocenters. The number of aryl methyl sites for hydroxylation is 1. The van der Waals surface area contributed by atoms with E-state index in [4.69, 9.17) is 4.74 Å². The Morgan fingerprint density at radius 1 is 1.07 bits per heavy atom. The number of rotatable bonds is 8. The number of hydrogen-bond donors (Lipinski definition) is 1. The van der Waals surface area contributed by atoms with Crippen LogP contribution in [0.2, 0.25) is 0 Å². The van der Waals surface area contributed by atoms with Crippen molar-refractivity contribution in [2.24, 2.45) is 7.05 Å². The van der Waals surface area contributed by atoms with Gasteiger partial charge in [0.2, 0.25) is 10.0 Å². The monoisotopic (exact) mass is 405 g/mol. The van der Waals surface area contributed by atoms with Gasteiger partial charge in [0.25, 0.3) is 0 Å². The van der Waals surface area contributed by atoms with Gasteiger partial charge in [0.1, 0.15) is 5.75 Å². The summed E-state index contributed by atoms with van der Waals surface area (Å²) in [6.45, 7) is 4.81. The molecule has 1 saturated heterocycles. The molecule has 0 radical (unpaired) electrons. The highest BCUT2D eigenvalue weighted by atomic mass is 32.2. The minimum atomic E-state index is -3.58. The van der Waals surface area contributed by atoms with Crippen molar-refractivity contribution in [2.45, 2.75) is 43.5 Å². The normalized spacial score (nSPS) is 17.2. The minimum absolute atomic E-state index is 0.0237. The second-order valence-corrected chi connectivity index (χ2v) is 9.03. The SMILES string of the molecule is CCOc1ccc(S(=O)(=O)NCC(c2cccn2C)N2CCCCCC2)cc1. The van der Waals surface area contributed by atoms with Crippen LogP contribution in [0, 0.1) is 0 Å². The summed E-state index contributed by atoms with van der Waals surface area (Å²) in [5.74, 6) is 0.674. The van der Waals surface area contributed by atoms with Crippen molar-refractivity contribution in [3.8, 4) is 5.75 Å². The maximum absolute atomic E-state index is 12.8. The molecule has 1 aliphatic rings. The quantitative estimate of drug-likeness (QED) is 0.732. The highest BCUT2D eigenvalue weighted by Gasteiger charge is 2.25. The van der Waals surface area contributed by atoms with E-state index in [2.05, 4.69) is 20.3 Å². The lowest BCUT2D eigenvalue weighted by Gasteiger charge is -2.31. The van der Waals surface area contributed by atoms with Crippen LogP contribution in [0.1, 0.15) is 44.3 Å². The molecule has 154 valence electrons. The van der Waals surface area contributed by atoms with Crippen LogP contribution in [0.5, 0.6) is 5.75 Å². The summed E-state index contributed by atoms with van der Waals surface area (Å²) in [6.07, 6.45) is 6.82. The van der Waals surface area contributed by atoms with Crippen molar-refractivity contribution < 1.29 is 13.2 Å². The molecule has 3 rings (SSSR count). The average Bonchev–Trinajstić information content (AvgIpc) is 2.93. The number of likely N-dealkylation sites (tertiary alicyclic amines) is 1. The first-order valence-corrected chi connectivity index (χ1v) is 11.6. The molecule has 0 aliphatic carbocycles. The molecule has 1 aromatic heterocycles. The lowest BCUT2D eigenvalue weighted by molar-refractivity contribution is 0.199. The molecule has 0 spiro atoms. The van der Waals surface area contributed by atoms with E-state index in [1.807, 2.05) is 26.2 Å². The minimum Gasteiger partial charge on any atom is -0.494 e. The van der Waals surface area contributed by atoms with E-state index in [1.54, 1.807) is 24.3 Å². The highest BCUT2D eigenvalue weighted by molar-refractivity contribution is 7.89. The van der Waals surface area contributed by atoms with Gasteiger partial charge in [-0.25, -0.2) is 13.1 Å². The number of benzene rings is 1. The number of ether oxygens (including phenoxy) is 1. The maximum atomic E-state index is 12.8. The molecule has 1 aliphatic heterocycles. The summed E-state index contributed by atoms with van der Waals surface area (Å²) in [5, 5.41) is 0. The molecule has 0 saturated carbocycles. The number of sulfonamides is 1. The molecule has 0 amide bonds. The molecule has 6 nitrogen and oxygen atoms in total. The summed E-state index contributed by atoms with van der Waals surface area (Å²) >= 11 is 0.